The van der Waals surface area contributed by atoms with Gasteiger partial charge >= 0.3 is 12.1 Å². The second kappa shape index (κ2) is 11.9. The number of carbonyl (C=O) groups excluding carboxylic acids is 2. The van der Waals surface area contributed by atoms with E-state index in [-0.39, 0.29) is 23.4 Å². The number of allylic oxidation sites excluding steroid dienone is 1. The van der Waals surface area contributed by atoms with Crippen LogP contribution in [0.15, 0.2) is 29.8 Å². The van der Waals surface area contributed by atoms with E-state index in [0.717, 1.165) is 17.7 Å². The fourth-order valence-corrected chi connectivity index (χ4v) is 4.98. The maximum absolute atomic E-state index is 13.2. The van der Waals surface area contributed by atoms with Gasteiger partial charge in [0.25, 0.3) is 5.91 Å². The topological polar surface area (TPSA) is 49.9 Å². The molecule has 2 aromatic rings. The van der Waals surface area contributed by atoms with Crippen molar-refractivity contribution >= 4 is 41.2 Å². The van der Waals surface area contributed by atoms with Crippen LogP contribution in [0.5, 0.6) is 0 Å². The standard InChI is InChI=1S/C27H29Cl2F3N2O3/c1-16(11-21-17(2)13-19(14-18(21)3)27(30,31)32)12-22-23(28)6-5-20(25(22)29)26(36)34-9-7-33(8-10-34)15-24(35)37-4/h5-6,11,13-14H,7-10,12,15H2,1-4H3/b16-11+. The number of benzene rings is 2. The Morgan fingerprint density at radius 1 is 1.05 bits per heavy atom. The maximum atomic E-state index is 13.2. The summed E-state index contributed by atoms with van der Waals surface area (Å²) in [4.78, 5) is 28.3. The molecule has 0 aliphatic carbocycles. The first-order valence-electron chi connectivity index (χ1n) is 11.7. The molecule has 37 heavy (non-hydrogen) atoms. The van der Waals surface area contributed by atoms with Gasteiger partial charge in [0.1, 0.15) is 0 Å². The molecular formula is C27H29Cl2F3N2O3. The minimum absolute atomic E-state index is 0.174. The average molecular weight is 557 g/mol. The summed E-state index contributed by atoms with van der Waals surface area (Å²) in [5.41, 5.74) is 2.79. The van der Waals surface area contributed by atoms with E-state index >= 15 is 0 Å². The van der Waals surface area contributed by atoms with Crippen LogP contribution in [-0.4, -0.2) is 61.5 Å². The molecule has 0 saturated carbocycles. The number of halogens is 5. The third-order valence-corrected chi connectivity index (χ3v) is 7.21. The van der Waals surface area contributed by atoms with Crippen LogP contribution in [0.3, 0.4) is 0 Å². The van der Waals surface area contributed by atoms with Crippen LogP contribution < -0.4 is 0 Å². The summed E-state index contributed by atoms with van der Waals surface area (Å²) in [5.74, 6) is -0.549. The molecule has 200 valence electrons. The van der Waals surface area contributed by atoms with Gasteiger partial charge in [0.05, 0.1) is 29.8 Å². The van der Waals surface area contributed by atoms with E-state index in [0.29, 0.717) is 65.4 Å². The minimum atomic E-state index is -4.41. The van der Waals surface area contributed by atoms with Crippen LogP contribution in [0.1, 0.15) is 45.1 Å². The molecule has 0 radical (unpaired) electrons. The zero-order valence-corrected chi connectivity index (χ0v) is 22.7. The Balaban J connectivity index is 1.79. The third-order valence-electron chi connectivity index (χ3n) is 6.42. The average Bonchev–Trinajstić information content (AvgIpc) is 2.83. The smallest absolute Gasteiger partial charge is 0.416 e. The Kier molecular flexibility index (Phi) is 9.32. The summed E-state index contributed by atoms with van der Waals surface area (Å²) in [6.07, 6.45) is -2.26. The van der Waals surface area contributed by atoms with Gasteiger partial charge in [0, 0.05) is 31.2 Å². The highest BCUT2D eigenvalue weighted by molar-refractivity contribution is 6.38. The zero-order chi connectivity index (χ0) is 27.5. The van der Waals surface area contributed by atoms with E-state index in [1.807, 2.05) is 17.9 Å². The number of ether oxygens (including phenoxy) is 1. The summed E-state index contributed by atoms with van der Waals surface area (Å²) in [6, 6.07) is 5.50. The maximum Gasteiger partial charge on any atom is 0.416 e. The number of esters is 1. The summed E-state index contributed by atoms with van der Waals surface area (Å²) in [7, 11) is 1.34. The van der Waals surface area contributed by atoms with E-state index in [1.54, 1.807) is 30.9 Å². The van der Waals surface area contributed by atoms with Gasteiger partial charge in [-0.1, -0.05) is 34.9 Å². The monoisotopic (exact) mass is 556 g/mol. The van der Waals surface area contributed by atoms with Crippen molar-refractivity contribution in [3.05, 3.63) is 73.3 Å². The Labute approximate surface area is 224 Å². The van der Waals surface area contributed by atoms with Crippen LogP contribution in [0.25, 0.3) is 6.08 Å². The third kappa shape index (κ3) is 7.06. The number of aryl methyl sites for hydroxylation is 2. The highest BCUT2D eigenvalue weighted by atomic mass is 35.5. The minimum Gasteiger partial charge on any atom is -0.468 e. The lowest BCUT2D eigenvalue weighted by Gasteiger charge is -2.34. The summed E-state index contributed by atoms with van der Waals surface area (Å²) in [5, 5.41) is 0.654. The van der Waals surface area contributed by atoms with Crippen LogP contribution in [0.4, 0.5) is 13.2 Å². The Bertz CT molecular complexity index is 1200. The number of carbonyl (C=O) groups is 2. The van der Waals surface area contributed by atoms with Gasteiger partial charge in [-0.25, -0.2) is 0 Å². The normalized spacial score (nSPS) is 15.2. The van der Waals surface area contributed by atoms with Crippen molar-refractivity contribution < 1.29 is 27.5 Å². The van der Waals surface area contributed by atoms with Gasteiger partial charge < -0.3 is 9.64 Å². The number of hydrogen-bond acceptors (Lipinski definition) is 4. The number of hydrogen-bond donors (Lipinski definition) is 0. The van der Waals surface area contributed by atoms with Crippen LogP contribution in [0.2, 0.25) is 10.0 Å². The first-order valence-corrected chi connectivity index (χ1v) is 12.5. The number of piperazine rings is 1. The summed E-state index contributed by atoms with van der Waals surface area (Å²) >= 11 is 13.1. The molecule has 0 spiro atoms. The Hall–Kier alpha value is -2.55. The number of methoxy groups -OCH3 is 1. The van der Waals surface area contributed by atoms with Crippen molar-refractivity contribution in [1.82, 2.24) is 9.80 Å². The van der Waals surface area contributed by atoms with Gasteiger partial charge in [-0.15, -0.1) is 0 Å². The summed E-state index contributed by atoms with van der Waals surface area (Å²) < 4.78 is 44.1. The van der Waals surface area contributed by atoms with Gasteiger partial charge in [-0.3, -0.25) is 14.5 Å². The molecule has 0 aromatic heterocycles. The molecule has 1 aliphatic rings. The number of amides is 1. The van der Waals surface area contributed by atoms with Crippen molar-refractivity contribution in [2.45, 2.75) is 33.4 Å². The fraction of sp³-hybridized carbons (Fsp3) is 0.407. The molecule has 0 unspecified atom stereocenters. The van der Waals surface area contributed by atoms with Gasteiger partial charge in [-0.05, 0) is 73.7 Å². The highest BCUT2D eigenvalue weighted by Crippen LogP contribution is 2.34. The lowest BCUT2D eigenvalue weighted by molar-refractivity contribution is -0.142. The second-order valence-electron chi connectivity index (χ2n) is 9.22. The molecule has 2 aromatic carbocycles. The molecule has 1 amide bonds. The van der Waals surface area contributed by atoms with Crippen LogP contribution >= 0.6 is 23.2 Å². The second-order valence-corrected chi connectivity index (χ2v) is 10.0. The van der Waals surface area contributed by atoms with Crippen molar-refractivity contribution in [3.63, 3.8) is 0 Å². The largest absolute Gasteiger partial charge is 0.468 e. The first-order chi connectivity index (χ1) is 17.3. The SMILES string of the molecule is COC(=O)CN1CCN(C(=O)c2ccc(Cl)c(C/C(C)=C/c3c(C)cc(C(F)(F)F)cc3C)c2Cl)CC1. The molecule has 0 atom stereocenters. The van der Waals surface area contributed by atoms with Gasteiger partial charge in [0.2, 0.25) is 0 Å². The van der Waals surface area contributed by atoms with E-state index in [2.05, 4.69) is 0 Å². The Morgan fingerprint density at radius 2 is 1.65 bits per heavy atom. The number of alkyl halides is 3. The highest BCUT2D eigenvalue weighted by Gasteiger charge is 2.31. The summed E-state index contributed by atoms with van der Waals surface area (Å²) in [6.45, 7) is 7.26. The molecule has 3 rings (SSSR count). The molecule has 1 heterocycles. The molecule has 0 N–H and O–H groups in total. The molecule has 1 saturated heterocycles. The molecule has 1 fully saturated rings. The molecule has 10 heteroatoms. The molecule has 1 aliphatic heterocycles. The molecular weight excluding hydrogens is 528 g/mol. The van der Waals surface area contributed by atoms with Crippen molar-refractivity contribution in [1.29, 1.82) is 0 Å². The molecule has 5 nitrogen and oxygen atoms in total. The lowest BCUT2D eigenvalue weighted by atomic mass is 9.95. The lowest BCUT2D eigenvalue weighted by Crippen LogP contribution is -2.50. The quantitative estimate of drug-likeness (QED) is 0.397. The van der Waals surface area contributed by atoms with Crippen molar-refractivity contribution in [2.75, 3.05) is 39.8 Å². The fourth-order valence-electron chi connectivity index (χ4n) is 4.39. The van der Waals surface area contributed by atoms with Gasteiger partial charge in [0.15, 0.2) is 0 Å². The van der Waals surface area contributed by atoms with Crippen molar-refractivity contribution in [2.24, 2.45) is 0 Å². The van der Waals surface area contributed by atoms with E-state index in [4.69, 9.17) is 27.9 Å². The van der Waals surface area contributed by atoms with Crippen LogP contribution in [-0.2, 0) is 22.1 Å². The van der Waals surface area contributed by atoms with Gasteiger partial charge in [-0.2, -0.15) is 13.2 Å². The number of nitrogens with zero attached hydrogens (tertiary/aromatic N) is 2. The predicted octanol–water partition coefficient (Wildman–Crippen LogP) is 6.21. The van der Waals surface area contributed by atoms with Crippen molar-refractivity contribution in [3.8, 4) is 0 Å². The van der Waals surface area contributed by atoms with E-state index < -0.39 is 11.7 Å². The van der Waals surface area contributed by atoms with E-state index in [9.17, 15) is 22.8 Å². The van der Waals surface area contributed by atoms with Crippen LogP contribution in [0, 0.1) is 13.8 Å². The zero-order valence-electron chi connectivity index (χ0n) is 21.1. The number of rotatable bonds is 6. The molecule has 0 bridgehead atoms. The first kappa shape index (κ1) is 29.0. The van der Waals surface area contributed by atoms with E-state index in [1.165, 1.54) is 7.11 Å². The predicted molar refractivity (Wildman–Crippen MR) is 139 cm³/mol. The Morgan fingerprint density at radius 3 is 2.19 bits per heavy atom.